The van der Waals surface area contributed by atoms with Crippen LogP contribution < -0.4 is 16.0 Å². The summed E-state index contributed by atoms with van der Waals surface area (Å²) in [4.78, 5) is 12.3. The number of nitrogens with zero attached hydrogens (tertiary/aromatic N) is 2. The van der Waals surface area contributed by atoms with E-state index in [4.69, 9.17) is 0 Å². The maximum absolute atomic E-state index is 12.3. The van der Waals surface area contributed by atoms with Crippen LogP contribution in [0.5, 0.6) is 0 Å². The molecule has 0 bridgehead atoms. The molecule has 0 aliphatic carbocycles. The highest BCUT2D eigenvalue weighted by Gasteiger charge is 2.17. The number of rotatable bonds is 2. The van der Waals surface area contributed by atoms with Gasteiger partial charge in [-0.1, -0.05) is 6.07 Å². The van der Waals surface area contributed by atoms with Crippen molar-refractivity contribution in [3.63, 3.8) is 0 Å². The minimum atomic E-state index is -0.138. The highest BCUT2D eigenvalue weighted by atomic mass is 16.1. The summed E-state index contributed by atoms with van der Waals surface area (Å²) in [6.45, 7) is 1.67. The molecule has 0 atom stereocenters. The van der Waals surface area contributed by atoms with Crippen molar-refractivity contribution in [3.05, 3.63) is 36.2 Å². The second-order valence-corrected chi connectivity index (χ2v) is 4.44. The lowest BCUT2D eigenvalue weighted by Crippen LogP contribution is -2.24. The minimum Gasteiger partial charge on any atom is -0.382 e. The molecular weight excluding hydrogens is 242 g/mol. The Morgan fingerprint density at radius 3 is 3.00 bits per heavy atom. The Bertz CT molecular complexity index is 619. The average Bonchev–Trinajstić information content (AvgIpc) is 2.83. The number of benzene rings is 1. The second kappa shape index (κ2) is 4.64. The minimum absolute atomic E-state index is 0.138. The second-order valence-electron chi connectivity index (χ2n) is 4.44. The lowest BCUT2D eigenvalue weighted by Gasteiger charge is -2.22. The molecule has 6 heteroatoms. The number of anilines is 3. The van der Waals surface area contributed by atoms with Crippen LogP contribution in [0, 0.1) is 0 Å². The van der Waals surface area contributed by atoms with E-state index < -0.39 is 0 Å². The quantitative estimate of drug-likeness (QED) is 0.762. The molecule has 6 nitrogen and oxygen atoms in total. The highest BCUT2D eigenvalue weighted by Crippen LogP contribution is 2.28. The van der Waals surface area contributed by atoms with Gasteiger partial charge in [-0.2, -0.15) is 5.10 Å². The number of nitrogens with one attached hydrogen (secondary N) is 3. The third-order valence-corrected chi connectivity index (χ3v) is 3.01. The van der Waals surface area contributed by atoms with Crippen molar-refractivity contribution in [1.29, 1.82) is 0 Å². The van der Waals surface area contributed by atoms with E-state index in [9.17, 15) is 4.79 Å². The molecule has 0 fully saturated rings. The maximum atomic E-state index is 12.3. The Morgan fingerprint density at radius 1 is 1.37 bits per heavy atom. The molecule has 2 aromatic rings. The summed E-state index contributed by atoms with van der Waals surface area (Å²) in [5.74, 6) is -0.138. The fraction of sp³-hybridized carbons (Fsp3) is 0.231. The Balaban J connectivity index is 1.87. The van der Waals surface area contributed by atoms with Crippen molar-refractivity contribution in [2.24, 2.45) is 7.05 Å². The molecule has 1 aromatic heterocycles. The number of aryl methyl sites for hydroxylation is 1. The molecule has 1 amide bonds. The van der Waals surface area contributed by atoms with Crippen LogP contribution in [0.15, 0.2) is 30.6 Å². The van der Waals surface area contributed by atoms with Crippen LogP contribution in [0.25, 0.3) is 0 Å². The molecule has 2 heterocycles. The molecule has 0 saturated carbocycles. The normalized spacial score (nSPS) is 13.1. The van der Waals surface area contributed by atoms with Gasteiger partial charge >= 0.3 is 0 Å². The third-order valence-electron chi connectivity index (χ3n) is 3.01. The number of aromatic nitrogens is 2. The Hall–Kier alpha value is -2.50. The molecular formula is C13H15N5O. The first-order valence-electron chi connectivity index (χ1n) is 6.15. The van der Waals surface area contributed by atoms with Crippen molar-refractivity contribution in [3.8, 4) is 0 Å². The largest absolute Gasteiger partial charge is 0.382 e. The number of fused-ring (bicyclic) bond motifs is 1. The van der Waals surface area contributed by atoms with E-state index in [2.05, 4.69) is 21.0 Å². The van der Waals surface area contributed by atoms with Gasteiger partial charge in [-0.25, -0.2) is 0 Å². The standard InChI is InChI=1S/C13H15N5O/c1-18-8-9(7-16-18)17-13(19)10-3-2-4-11-12(10)15-6-5-14-11/h2-4,7-8,14-15H,5-6H2,1H3,(H,17,19). The molecule has 1 aromatic carbocycles. The van der Waals surface area contributed by atoms with Gasteiger partial charge in [-0.15, -0.1) is 0 Å². The van der Waals surface area contributed by atoms with Crippen molar-refractivity contribution >= 4 is 23.0 Å². The molecule has 0 radical (unpaired) electrons. The topological polar surface area (TPSA) is 71.0 Å². The zero-order chi connectivity index (χ0) is 13.2. The van der Waals surface area contributed by atoms with Crippen LogP contribution in [0.4, 0.5) is 17.1 Å². The predicted octanol–water partition coefficient (Wildman–Crippen LogP) is 1.51. The van der Waals surface area contributed by atoms with Gasteiger partial charge < -0.3 is 16.0 Å². The van der Waals surface area contributed by atoms with E-state index in [1.54, 1.807) is 17.1 Å². The van der Waals surface area contributed by atoms with Crippen LogP contribution in [0.1, 0.15) is 10.4 Å². The molecule has 0 spiro atoms. The van der Waals surface area contributed by atoms with Gasteiger partial charge in [-0.05, 0) is 12.1 Å². The fourth-order valence-corrected chi connectivity index (χ4v) is 2.15. The maximum Gasteiger partial charge on any atom is 0.257 e. The van der Waals surface area contributed by atoms with Crippen LogP contribution in [0.3, 0.4) is 0 Å². The number of carbonyl (C=O) groups excluding carboxylic acids is 1. The lowest BCUT2D eigenvalue weighted by molar-refractivity contribution is 0.102. The fourth-order valence-electron chi connectivity index (χ4n) is 2.15. The lowest BCUT2D eigenvalue weighted by atomic mass is 10.1. The van der Waals surface area contributed by atoms with E-state index >= 15 is 0 Å². The highest BCUT2D eigenvalue weighted by molar-refractivity contribution is 6.09. The molecule has 0 unspecified atom stereocenters. The Morgan fingerprint density at radius 2 is 2.21 bits per heavy atom. The van der Waals surface area contributed by atoms with E-state index in [1.165, 1.54) is 0 Å². The first-order valence-corrected chi connectivity index (χ1v) is 6.15. The zero-order valence-electron chi connectivity index (χ0n) is 10.6. The summed E-state index contributed by atoms with van der Waals surface area (Å²) in [5, 5.41) is 13.4. The number of hydrogen-bond acceptors (Lipinski definition) is 4. The summed E-state index contributed by atoms with van der Waals surface area (Å²) in [6.07, 6.45) is 3.39. The summed E-state index contributed by atoms with van der Waals surface area (Å²) >= 11 is 0. The van der Waals surface area contributed by atoms with E-state index in [1.807, 2.05) is 25.2 Å². The summed E-state index contributed by atoms with van der Waals surface area (Å²) in [5.41, 5.74) is 3.14. The predicted molar refractivity (Wildman–Crippen MR) is 74.6 cm³/mol. The molecule has 1 aliphatic rings. The van der Waals surface area contributed by atoms with Crippen molar-refractivity contribution in [2.45, 2.75) is 0 Å². The molecule has 19 heavy (non-hydrogen) atoms. The summed E-state index contributed by atoms with van der Waals surface area (Å²) in [7, 11) is 1.81. The number of carbonyl (C=O) groups is 1. The van der Waals surface area contributed by atoms with Crippen molar-refractivity contribution in [2.75, 3.05) is 29.0 Å². The monoisotopic (exact) mass is 257 g/mol. The van der Waals surface area contributed by atoms with E-state index in [0.29, 0.717) is 11.3 Å². The molecule has 3 rings (SSSR count). The van der Waals surface area contributed by atoms with Gasteiger partial charge in [0.05, 0.1) is 28.8 Å². The molecule has 1 aliphatic heterocycles. The number of para-hydroxylation sites is 1. The zero-order valence-corrected chi connectivity index (χ0v) is 10.6. The van der Waals surface area contributed by atoms with E-state index in [-0.39, 0.29) is 5.91 Å². The van der Waals surface area contributed by atoms with Gasteiger partial charge in [0.25, 0.3) is 5.91 Å². The van der Waals surface area contributed by atoms with Gasteiger partial charge in [0, 0.05) is 26.3 Å². The summed E-state index contributed by atoms with van der Waals surface area (Å²) in [6, 6.07) is 5.64. The molecule has 3 N–H and O–H groups in total. The van der Waals surface area contributed by atoms with Crippen LogP contribution >= 0.6 is 0 Å². The molecule has 0 saturated heterocycles. The van der Waals surface area contributed by atoms with Crippen molar-refractivity contribution < 1.29 is 4.79 Å². The number of hydrogen-bond donors (Lipinski definition) is 3. The molecule has 98 valence electrons. The first-order chi connectivity index (χ1) is 9.24. The first kappa shape index (κ1) is 11.6. The van der Waals surface area contributed by atoms with E-state index in [0.717, 1.165) is 24.5 Å². The van der Waals surface area contributed by atoms with Crippen molar-refractivity contribution in [1.82, 2.24) is 9.78 Å². The van der Waals surface area contributed by atoms with Crippen LogP contribution in [-0.4, -0.2) is 28.8 Å². The average molecular weight is 257 g/mol. The summed E-state index contributed by atoms with van der Waals surface area (Å²) < 4.78 is 1.65. The van der Waals surface area contributed by atoms with Gasteiger partial charge in [-0.3, -0.25) is 9.48 Å². The van der Waals surface area contributed by atoms with Crippen LogP contribution in [0.2, 0.25) is 0 Å². The Labute approximate surface area is 110 Å². The van der Waals surface area contributed by atoms with Gasteiger partial charge in [0.1, 0.15) is 0 Å². The smallest absolute Gasteiger partial charge is 0.257 e. The Kier molecular flexibility index (Phi) is 2.83. The SMILES string of the molecule is Cn1cc(NC(=O)c2cccc3c2NCCN3)cn1. The third kappa shape index (κ3) is 2.24. The van der Waals surface area contributed by atoms with Crippen LogP contribution in [-0.2, 0) is 7.05 Å². The van der Waals surface area contributed by atoms with Gasteiger partial charge in [0.2, 0.25) is 0 Å². The number of amides is 1. The van der Waals surface area contributed by atoms with Gasteiger partial charge in [0.15, 0.2) is 0 Å².